The summed E-state index contributed by atoms with van der Waals surface area (Å²) in [5.41, 5.74) is 11.8. The second-order valence-corrected chi connectivity index (χ2v) is 6.88. The molecule has 2 heterocycles. The zero-order valence-electron chi connectivity index (χ0n) is 13.3. The average molecular weight is 318 g/mol. The molecule has 2 aliphatic rings. The fourth-order valence-corrected chi connectivity index (χ4v) is 3.82. The highest BCUT2D eigenvalue weighted by Gasteiger charge is 2.30. The molecule has 1 fully saturated rings. The highest BCUT2D eigenvalue weighted by Crippen LogP contribution is 2.42. The first-order valence-corrected chi connectivity index (χ1v) is 8.55. The number of aryl methyl sites for hydroxylation is 2. The fraction of sp³-hybridized carbons (Fsp3) is 0.300. The van der Waals surface area contributed by atoms with Gasteiger partial charge < -0.3 is 10.2 Å². The largest absolute Gasteiger partial charge is 0.450 e. The van der Waals surface area contributed by atoms with Crippen molar-refractivity contribution >= 4 is 22.4 Å². The maximum absolute atomic E-state index is 13.0. The molecule has 0 amide bonds. The van der Waals surface area contributed by atoms with E-state index in [0.717, 1.165) is 36.6 Å². The smallest absolute Gasteiger partial charge is 0.232 e. The van der Waals surface area contributed by atoms with E-state index >= 15 is 0 Å². The van der Waals surface area contributed by atoms with Crippen LogP contribution in [0.15, 0.2) is 35.0 Å². The first-order valence-electron chi connectivity index (χ1n) is 8.55. The number of ketones is 1. The van der Waals surface area contributed by atoms with Crippen LogP contribution in [-0.2, 0) is 12.8 Å². The number of fused-ring (bicyclic) bond motifs is 2. The lowest BCUT2D eigenvalue weighted by Crippen LogP contribution is -2.07. The monoisotopic (exact) mass is 318 g/mol. The number of aromatic nitrogens is 1. The number of anilines is 1. The van der Waals surface area contributed by atoms with Crippen LogP contribution < -0.4 is 5.73 Å². The first-order chi connectivity index (χ1) is 11.7. The Kier molecular flexibility index (Phi) is 2.84. The van der Waals surface area contributed by atoms with Crippen molar-refractivity contribution in [3.63, 3.8) is 0 Å². The number of carbonyl (C=O) groups is 1. The summed E-state index contributed by atoms with van der Waals surface area (Å²) in [4.78, 5) is 17.2. The van der Waals surface area contributed by atoms with Gasteiger partial charge >= 0.3 is 0 Å². The number of nitrogens with two attached hydrogens (primary N) is 1. The van der Waals surface area contributed by atoms with Crippen LogP contribution in [0.3, 0.4) is 0 Å². The van der Waals surface area contributed by atoms with E-state index in [1.165, 1.54) is 17.5 Å². The van der Waals surface area contributed by atoms with Crippen molar-refractivity contribution < 1.29 is 9.21 Å². The lowest BCUT2D eigenvalue weighted by atomic mass is 10.00. The van der Waals surface area contributed by atoms with Gasteiger partial charge in [-0.25, -0.2) is 0 Å². The van der Waals surface area contributed by atoms with Gasteiger partial charge in [-0.05, 0) is 72.9 Å². The Bertz CT molecular complexity index is 983. The van der Waals surface area contributed by atoms with E-state index < -0.39 is 0 Å². The van der Waals surface area contributed by atoms with Gasteiger partial charge in [-0.15, -0.1) is 0 Å². The third-order valence-corrected chi connectivity index (χ3v) is 5.26. The number of hydrogen-bond acceptors (Lipinski definition) is 4. The summed E-state index contributed by atoms with van der Waals surface area (Å²) in [6.07, 6.45) is 8.98. The van der Waals surface area contributed by atoms with E-state index in [2.05, 4.69) is 17.1 Å². The van der Waals surface area contributed by atoms with Gasteiger partial charge in [0, 0.05) is 23.3 Å². The van der Waals surface area contributed by atoms with Gasteiger partial charge in [0.15, 0.2) is 5.76 Å². The Morgan fingerprint density at radius 3 is 2.79 bits per heavy atom. The van der Waals surface area contributed by atoms with Crippen LogP contribution in [0.25, 0.3) is 11.0 Å². The van der Waals surface area contributed by atoms with Crippen molar-refractivity contribution in [2.24, 2.45) is 0 Å². The van der Waals surface area contributed by atoms with Crippen LogP contribution in [0, 0.1) is 0 Å². The predicted molar refractivity (Wildman–Crippen MR) is 92.3 cm³/mol. The summed E-state index contributed by atoms with van der Waals surface area (Å²) in [7, 11) is 0. The standard InChI is InChI=1S/C20H18N2O2/c21-18-15-8-12-2-1-3-13(12)9-17(15)24-20(18)19(23)16-10-22-7-6-14(16)11-4-5-11/h6-11H,1-5,21H2. The van der Waals surface area contributed by atoms with E-state index in [-0.39, 0.29) is 11.5 Å². The molecule has 120 valence electrons. The van der Waals surface area contributed by atoms with Crippen LogP contribution in [0.4, 0.5) is 5.69 Å². The van der Waals surface area contributed by atoms with Crippen LogP contribution in [0.5, 0.6) is 0 Å². The first kappa shape index (κ1) is 13.8. The fourth-order valence-electron chi connectivity index (χ4n) is 3.82. The normalized spacial score (nSPS) is 16.5. The summed E-state index contributed by atoms with van der Waals surface area (Å²) in [5, 5.41) is 0.857. The van der Waals surface area contributed by atoms with Gasteiger partial charge in [-0.1, -0.05) is 0 Å². The molecule has 0 spiro atoms. The van der Waals surface area contributed by atoms with E-state index in [1.54, 1.807) is 12.4 Å². The summed E-state index contributed by atoms with van der Waals surface area (Å²) in [5.74, 6) is 0.573. The van der Waals surface area contributed by atoms with Crippen molar-refractivity contribution in [1.29, 1.82) is 0 Å². The minimum atomic E-state index is -0.154. The molecule has 2 aromatic heterocycles. The minimum absolute atomic E-state index is 0.154. The second-order valence-electron chi connectivity index (χ2n) is 6.88. The zero-order chi connectivity index (χ0) is 16.3. The van der Waals surface area contributed by atoms with E-state index in [9.17, 15) is 4.79 Å². The van der Waals surface area contributed by atoms with Gasteiger partial charge in [-0.3, -0.25) is 9.78 Å². The Morgan fingerprint density at radius 1 is 1.21 bits per heavy atom. The lowest BCUT2D eigenvalue weighted by Gasteiger charge is -2.05. The number of carbonyl (C=O) groups excluding carboxylic acids is 1. The maximum Gasteiger partial charge on any atom is 0.232 e. The topological polar surface area (TPSA) is 69.1 Å². The van der Waals surface area contributed by atoms with Crippen LogP contribution in [-0.4, -0.2) is 10.8 Å². The predicted octanol–water partition coefficient (Wildman–Crippen LogP) is 4.01. The van der Waals surface area contributed by atoms with E-state index in [4.69, 9.17) is 10.2 Å². The molecule has 0 radical (unpaired) electrons. The molecule has 2 aliphatic carbocycles. The molecule has 2 N–H and O–H groups in total. The Hall–Kier alpha value is -2.62. The quantitative estimate of drug-likeness (QED) is 0.741. The average Bonchev–Trinajstić information content (AvgIpc) is 3.28. The Balaban J connectivity index is 1.64. The van der Waals surface area contributed by atoms with E-state index in [0.29, 0.717) is 22.8 Å². The molecule has 24 heavy (non-hydrogen) atoms. The number of furan rings is 1. The Labute approximate surface area is 139 Å². The SMILES string of the molecule is Nc1c(C(=O)c2cnccc2C2CC2)oc2cc3c(cc12)CCC3. The van der Waals surface area contributed by atoms with Crippen molar-refractivity contribution in [1.82, 2.24) is 4.98 Å². The molecule has 3 aromatic rings. The minimum Gasteiger partial charge on any atom is -0.450 e. The highest BCUT2D eigenvalue weighted by atomic mass is 16.3. The van der Waals surface area contributed by atoms with Crippen molar-refractivity contribution in [3.05, 3.63) is 58.6 Å². The van der Waals surface area contributed by atoms with Gasteiger partial charge in [0.05, 0.1) is 5.69 Å². The molecule has 1 aromatic carbocycles. The summed E-state index contributed by atoms with van der Waals surface area (Å²) in [6.45, 7) is 0. The summed E-state index contributed by atoms with van der Waals surface area (Å²) in [6, 6.07) is 6.09. The van der Waals surface area contributed by atoms with Crippen LogP contribution in [0.1, 0.15) is 58.0 Å². The third kappa shape index (κ3) is 1.99. The molecular formula is C20H18N2O2. The second kappa shape index (κ2) is 4.94. The van der Waals surface area contributed by atoms with Crippen LogP contribution in [0.2, 0.25) is 0 Å². The van der Waals surface area contributed by atoms with Crippen molar-refractivity contribution in [2.75, 3.05) is 5.73 Å². The lowest BCUT2D eigenvalue weighted by molar-refractivity contribution is 0.101. The van der Waals surface area contributed by atoms with Crippen molar-refractivity contribution in [3.8, 4) is 0 Å². The molecule has 0 bridgehead atoms. The number of hydrogen-bond donors (Lipinski definition) is 1. The number of pyridine rings is 1. The number of nitrogen functional groups attached to an aromatic ring is 1. The van der Waals surface area contributed by atoms with Gasteiger partial charge in [0.2, 0.25) is 5.78 Å². The summed E-state index contributed by atoms with van der Waals surface area (Å²) >= 11 is 0. The third-order valence-electron chi connectivity index (χ3n) is 5.26. The highest BCUT2D eigenvalue weighted by molar-refractivity contribution is 6.15. The molecule has 0 saturated heterocycles. The van der Waals surface area contributed by atoms with Gasteiger partial charge in [-0.2, -0.15) is 0 Å². The van der Waals surface area contributed by atoms with Crippen LogP contribution >= 0.6 is 0 Å². The molecule has 4 heteroatoms. The van der Waals surface area contributed by atoms with Gasteiger partial charge in [0.25, 0.3) is 0 Å². The van der Waals surface area contributed by atoms with E-state index in [1.807, 2.05) is 6.07 Å². The molecule has 0 unspecified atom stereocenters. The molecule has 0 atom stereocenters. The molecule has 1 saturated carbocycles. The Morgan fingerprint density at radius 2 is 2.00 bits per heavy atom. The maximum atomic E-state index is 13.0. The summed E-state index contributed by atoms with van der Waals surface area (Å²) < 4.78 is 5.89. The van der Waals surface area contributed by atoms with Crippen molar-refractivity contribution in [2.45, 2.75) is 38.0 Å². The van der Waals surface area contributed by atoms with Gasteiger partial charge in [0.1, 0.15) is 5.58 Å². The molecule has 5 rings (SSSR count). The molecular weight excluding hydrogens is 300 g/mol. The molecule has 4 nitrogen and oxygen atoms in total. The number of nitrogens with zero attached hydrogens (tertiary/aromatic N) is 1. The number of rotatable bonds is 3. The number of benzene rings is 1. The zero-order valence-corrected chi connectivity index (χ0v) is 13.3. The molecule has 0 aliphatic heterocycles.